The van der Waals surface area contributed by atoms with Crippen LogP contribution in [0.3, 0.4) is 0 Å². The summed E-state index contributed by atoms with van der Waals surface area (Å²) in [6.07, 6.45) is -3.20. The van der Waals surface area contributed by atoms with Crippen LogP contribution in [-0.4, -0.2) is 35.0 Å². The molecule has 0 saturated carbocycles. The van der Waals surface area contributed by atoms with E-state index in [2.05, 4.69) is 20.9 Å². The summed E-state index contributed by atoms with van der Waals surface area (Å²) in [5, 5.41) is 9.09. The predicted octanol–water partition coefficient (Wildman–Crippen LogP) is 3.88. The molecule has 3 rings (SSSR count). The molecule has 1 fully saturated rings. The number of halogens is 3. The number of rotatable bonds is 5. The van der Waals surface area contributed by atoms with Crippen LogP contribution in [0.4, 0.5) is 30.4 Å². The van der Waals surface area contributed by atoms with Gasteiger partial charge < -0.3 is 16.0 Å². The lowest BCUT2D eigenvalue weighted by atomic mass is 10.2. The van der Waals surface area contributed by atoms with Gasteiger partial charge in [0.1, 0.15) is 5.82 Å². The van der Waals surface area contributed by atoms with Crippen molar-refractivity contribution in [1.82, 2.24) is 10.3 Å². The second-order valence-corrected chi connectivity index (χ2v) is 7.26. The lowest BCUT2D eigenvalue weighted by Gasteiger charge is -2.22. The van der Waals surface area contributed by atoms with Gasteiger partial charge in [0.2, 0.25) is 5.91 Å². The highest BCUT2D eigenvalue weighted by Gasteiger charge is 2.30. The molecule has 0 spiro atoms. The van der Waals surface area contributed by atoms with Crippen molar-refractivity contribution in [3.05, 3.63) is 48.2 Å². The molecule has 1 aliphatic rings. The maximum absolute atomic E-state index is 12.5. The number of carbonyl (C=O) groups is 1. The van der Waals surface area contributed by atoms with Crippen LogP contribution in [0.25, 0.3) is 0 Å². The maximum atomic E-state index is 12.5. The molecular formula is C18H19F3N4OS. The summed E-state index contributed by atoms with van der Waals surface area (Å²) in [5.41, 5.74) is 0.525. The van der Waals surface area contributed by atoms with Gasteiger partial charge in [-0.05, 0) is 36.4 Å². The number of nitrogens with one attached hydrogen (secondary N) is 3. The summed E-state index contributed by atoms with van der Waals surface area (Å²) in [6.45, 7) is 0.918. The molecule has 0 radical (unpaired) electrons. The van der Waals surface area contributed by atoms with Gasteiger partial charge in [-0.15, -0.1) is 0 Å². The second-order valence-electron chi connectivity index (χ2n) is 6.11. The molecule has 1 aliphatic heterocycles. The molecule has 0 bridgehead atoms. The number of carbonyl (C=O) groups excluding carboxylic acids is 1. The Hall–Kier alpha value is -2.26. The molecule has 1 amide bonds. The van der Waals surface area contributed by atoms with Gasteiger partial charge in [-0.1, -0.05) is 0 Å². The molecule has 27 heavy (non-hydrogen) atoms. The summed E-state index contributed by atoms with van der Waals surface area (Å²) < 4.78 is 37.6. The molecule has 5 nitrogen and oxygen atoms in total. The van der Waals surface area contributed by atoms with Crippen LogP contribution in [0.5, 0.6) is 0 Å². The minimum Gasteiger partial charge on any atom is -0.340 e. The number of benzene rings is 1. The first-order valence-electron chi connectivity index (χ1n) is 8.41. The number of aromatic nitrogens is 1. The number of amides is 1. The highest BCUT2D eigenvalue weighted by Crippen LogP contribution is 2.29. The molecule has 0 aliphatic carbocycles. The van der Waals surface area contributed by atoms with Crippen LogP contribution in [0.1, 0.15) is 12.0 Å². The normalized spacial score (nSPS) is 17.4. The Morgan fingerprint density at radius 3 is 2.52 bits per heavy atom. The van der Waals surface area contributed by atoms with Gasteiger partial charge in [0.05, 0.1) is 5.56 Å². The number of hydrogen-bond acceptors (Lipinski definition) is 5. The third-order valence-electron chi connectivity index (χ3n) is 3.96. The lowest BCUT2D eigenvalue weighted by molar-refractivity contribution is -0.137. The monoisotopic (exact) mass is 396 g/mol. The van der Waals surface area contributed by atoms with E-state index in [0.717, 1.165) is 30.3 Å². The molecule has 144 valence electrons. The Bertz CT molecular complexity index is 760. The fraction of sp³-hybridized carbons (Fsp3) is 0.333. The summed E-state index contributed by atoms with van der Waals surface area (Å²) in [6, 6.07) is 9.35. The lowest BCUT2D eigenvalue weighted by Crippen LogP contribution is -2.39. The Labute approximate surface area is 159 Å². The first-order valence-corrected chi connectivity index (χ1v) is 9.57. The van der Waals surface area contributed by atoms with E-state index in [1.165, 1.54) is 6.07 Å². The second kappa shape index (κ2) is 8.62. The van der Waals surface area contributed by atoms with Gasteiger partial charge >= 0.3 is 6.18 Å². The number of pyridine rings is 1. The van der Waals surface area contributed by atoms with E-state index in [1.807, 2.05) is 11.8 Å². The summed E-state index contributed by atoms with van der Waals surface area (Å²) in [4.78, 5) is 15.9. The molecule has 9 heteroatoms. The zero-order valence-corrected chi connectivity index (χ0v) is 15.2. The molecule has 1 atom stereocenters. The summed E-state index contributed by atoms with van der Waals surface area (Å²) >= 11 is 1.84. The maximum Gasteiger partial charge on any atom is 0.417 e. The minimum atomic E-state index is -4.41. The van der Waals surface area contributed by atoms with E-state index in [1.54, 1.807) is 24.3 Å². The quantitative estimate of drug-likeness (QED) is 0.716. The van der Waals surface area contributed by atoms with Gasteiger partial charge in [-0.2, -0.15) is 24.9 Å². The highest BCUT2D eigenvalue weighted by atomic mass is 32.2. The predicted molar refractivity (Wildman–Crippen MR) is 101 cm³/mol. The van der Waals surface area contributed by atoms with E-state index < -0.39 is 11.7 Å². The Kier molecular flexibility index (Phi) is 6.22. The van der Waals surface area contributed by atoms with Crippen LogP contribution < -0.4 is 16.0 Å². The van der Waals surface area contributed by atoms with E-state index in [4.69, 9.17) is 0 Å². The first kappa shape index (κ1) is 19.5. The number of alkyl halides is 3. The molecule has 3 N–H and O–H groups in total. The van der Waals surface area contributed by atoms with Gasteiger partial charge in [-0.25, -0.2) is 4.98 Å². The molecule has 1 aromatic carbocycles. The minimum absolute atomic E-state index is 0.0554. The van der Waals surface area contributed by atoms with Crippen LogP contribution in [0, 0.1) is 0 Å². The third kappa shape index (κ3) is 5.86. The summed E-state index contributed by atoms with van der Waals surface area (Å²) in [5.74, 6) is 2.25. The molecule has 1 aromatic heterocycles. The molecule has 1 saturated heterocycles. The van der Waals surface area contributed by atoms with Gasteiger partial charge in [0.15, 0.2) is 0 Å². The average molecular weight is 396 g/mol. The molecule has 2 aromatic rings. The van der Waals surface area contributed by atoms with Crippen molar-refractivity contribution >= 4 is 34.9 Å². The Morgan fingerprint density at radius 2 is 1.93 bits per heavy atom. The number of nitrogens with zero attached hydrogens (tertiary/aromatic N) is 1. The van der Waals surface area contributed by atoms with Gasteiger partial charge in [-0.3, -0.25) is 4.79 Å². The topological polar surface area (TPSA) is 66.1 Å². The van der Waals surface area contributed by atoms with E-state index in [-0.39, 0.29) is 11.9 Å². The molecule has 2 heterocycles. The van der Waals surface area contributed by atoms with Crippen LogP contribution in [-0.2, 0) is 11.0 Å². The summed E-state index contributed by atoms with van der Waals surface area (Å²) in [7, 11) is 0. The van der Waals surface area contributed by atoms with Crippen molar-refractivity contribution in [2.45, 2.75) is 18.6 Å². The number of thioether (sulfide) groups is 1. The largest absolute Gasteiger partial charge is 0.417 e. The Balaban J connectivity index is 1.53. The fourth-order valence-corrected chi connectivity index (χ4v) is 3.56. The van der Waals surface area contributed by atoms with Crippen molar-refractivity contribution < 1.29 is 18.0 Å². The fourth-order valence-electron chi connectivity index (χ4n) is 2.61. The van der Waals surface area contributed by atoms with Gasteiger partial charge in [0.25, 0.3) is 0 Å². The van der Waals surface area contributed by atoms with Crippen LogP contribution >= 0.6 is 11.8 Å². The smallest absolute Gasteiger partial charge is 0.340 e. The third-order valence-corrected chi connectivity index (χ3v) is 5.09. The number of hydrogen-bond donors (Lipinski definition) is 3. The highest BCUT2D eigenvalue weighted by molar-refractivity contribution is 7.99. The van der Waals surface area contributed by atoms with E-state index in [0.29, 0.717) is 23.6 Å². The van der Waals surface area contributed by atoms with Crippen LogP contribution in [0.15, 0.2) is 42.6 Å². The SMILES string of the molecule is O=C(CC1CSCCN1)Nc1ccc(Nc2ccc(C(F)(F)F)cn2)cc1. The van der Waals surface area contributed by atoms with Crippen LogP contribution in [0.2, 0.25) is 0 Å². The zero-order chi connectivity index (χ0) is 19.3. The van der Waals surface area contributed by atoms with Crippen molar-refractivity contribution in [1.29, 1.82) is 0 Å². The first-order chi connectivity index (χ1) is 12.9. The molecule has 1 unspecified atom stereocenters. The van der Waals surface area contributed by atoms with Crippen molar-refractivity contribution in [2.75, 3.05) is 28.7 Å². The van der Waals surface area contributed by atoms with Crippen molar-refractivity contribution in [3.63, 3.8) is 0 Å². The zero-order valence-electron chi connectivity index (χ0n) is 14.3. The van der Waals surface area contributed by atoms with E-state index in [9.17, 15) is 18.0 Å². The standard InChI is InChI=1S/C18H19F3N4OS/c19-18(20,21)12-1-6-16(23-10-12)24-13-2-4-14(5-3-13)25-17(26)9-15-11-27-8-7-22-15/h1-6,10,15,22H,7-9,11H2,(H,23,24)(H,25,26). The molecular weight excluding hydrogens is 377 g/mol. The van der Waals surface area contributed by atoms with E-state index >= 15 is 0 Å². The Morgan fingerprint density at radius 1 is 1.19 bits per heavy atom. The van der Waals surface area contributed by atoms with Crippen molar-refractivity contribution in [3.8, 4) is 0 Å². The van der Waals surface area contributed by atoms with Crippen molar-refractivity contribution in [2.24, 2.45) is 0 Å². The average Bonchev–Trinajstić information content (AvgIpc) is 2.64. The number of anilines is 3. The van der Waals surface area contributed by atoms with Gasteiger partial charge in [0, 0.05) is 48.1 Å².